The van der Waals surface area contributed by atoms with Crippen LogP contribution in [0.25, 0.3) is 0 Å². The van der Waals surface area contributed by atoms with E-state index in [0.29, 0.717) is 0 Å². The Bertz CT molecular complexity index is 438. The Morgan fingerprint density at radius 2 is 2.13 bits per heavy atom. The van der Waals surface area contributed by atoms with Gasteiger partial charge in [0.15, 0.2) is 0 Å². The van der Waals surface area contributed by atoms with Crippen molar-refractivity contribution in [1.29, 1.82) is 0 Å². The second-order valence-corrected chi connectivity index (χ2v) is 5.21. The van der Waals surface area contributed by atoms with Crippen LogP contribution in [0.2, 0.25) is 0 Å². The third kappa shape index (κ3) is 1.17. The first-order valence-corrected chi connectivity index (χ1v) is 5.99. The van der Waals surface area contributed by atoms with Crippen molar-refractivity contribution in [2.45, 2.75) is 31.1 Å². The number of pyridine rings is 1. The van der Waals surface area contributed by atoms with E-state index in [1.54, 1.807) is 6.20 Å². The summed E-state index contributed by atoms with van der Waals surface area (Å²) in [6.07, 6.45) is 5.93. The first-order valence-electron chi connectivity index (χ1n) is 5.20. The van der Waals surface area contributed by atoms with Gasteiger partial charge in [0.25, 0.3) is 0 Å². The van der Waals surface area contributed by atoms with Crippen LogP contribution in [0.4, 0.5) is 5.69 Å². The van der Waals surface area contributed by atoms with Gasteiger partial charge in [-0.15, -0.1) is 0 Å². The van der Waals surface area contributed by atoms with Crippen molar-refractivity contribution < 1.29 is 4.79 Å². The van der Waals surface area contributed by atoms with Crippen molar-refractivity contribution in [1.82, 2.24) is 4.98 Å². The number of nitrogens with zero attached hydrogens (tertiary/aromatic N) is 1. The van der Waals surface area contributed by atoms with Crippen molar-refractivity contribution in [3.8, 4) is 0 Å². The van der Waals surface area contributed by atoms with E-state index in [1.165, 1.54) is 0 Å². The van der Waals surface area contributed by atoms with Crippen molar-refractivity contribution >= 4 is 27.5 Å². The van der Waals surface area contributed by atoms with Crippen LogP contribution in [-0.2, 0) is 10.2 Å². The normalized spacial score (nSPS) is 21.8. The lowest BCUT2D eigenvalue weighted by Crippen LogP contribution is -2.31. The fourth-order valence-electron chi connectivity index (χ4n) is 2.71. The quantitative estimate of drug-likeness (QED) is 0.785. The highest BCUT2D eigenvalue weighted by atomic mass is 79.9. The van der Waals surface area contributed by atoms with Crippen LogP contribution in [-0.4, -0.2) is 10.9 Å². The van der Waals surface area contributed by atoms with Crippen molar-refractivity contribution in [3.05, 3.63) is 22.4 Å². The minimum Gasteiger partial charge on any atom is -0.324 e. The summed E-state index contributed by atoms with van der Waals surface area (Å²) in [4.78, 5) is 16.4. The first kappa shape index (κ1) is 9.33. The Hall–Kier alpha value is -0.900. The number of amides is 1. The molecule has 3 rings (SSSR count). The molecule has 0 saturated heterocycles. The third-order valence-corrected chi connectivity index (χ3v) is 3.88. The van der Waals surface area contributed by atoms with Crippen LogP contribution in [0.5, 0.6) is 0 Å². The van der Waals surface area contributed by atoms with E-state index < -0.39 is 0 Å². The lowest BCUT2D eigenvalue weighted by Gasteiger charge is -2.18. The minimum absolute atomic E-state index is 0.139. The molecular formula is C11H11BrN2O. The second-order valence-electron chi connectivity index (χ2n) is 4.29. The molecule has 4 heteroatoms. The van der Waals surface area contributed by atoms with Gasteiger partial charge in [-0.25, -0.2) is 0 Å². The zero-order valence-corrected chi connectivity index (χ0v) is 9.80. The van der Waals surface area contributed by atoms with Crippen LogP contribution in [0.1, 0.15) is 31.4 Å². The van der Waals surface area contributed by atoms with E-state index in [-0.39, 0.29) is 11.3 Å². The van der Waals surface area contributed by atoms with Gasteiger partial charge in [-0.3, -0.25) is 9.78 Å². The van der Waals surface area contributed by atoms with Gasteiger partial charge in [-0.2, -0.15) is 0 Å². The number of aromatic nitrogens is 1. The van der Waals surface area contributed by atoms with E-state index in [4.69, 9.17) is 0 Å². The molecule has 3 nitrogen and oxygen atoms in total. The molecule has 1 N–H and O–H groups in total. The first-order chi connectivity index (χ1) is 7.22. The van der Waals surface area contributed by atoms with Crippen molar-refractivity contribution in [2.75, 3.05) is 5.32 Å². The molecule has 2 heterocycles. The lowest BCUT2D eigenvalue weighted by atomic mass is 9.83. The molecule has 0 bridgehead atoms. The maximum Gasteiger partial charge on any atom is 0.236 e. The maximum absolute atomic E-state index is 12.0. The molecule has 1 amide bonds. The van der Waals surface area contributed by atoms with Crippen molar-refractivity contribution in [3.63, 3.8) is 0 Å². The van der Waals surface area contributed by atoms with Crippen LogP contribution in [0, 0.1) is 0 Å². The average Bonchev–Trinajstić information content (AvgIpc) is 2.76. The van der Waals surface area contributed by atoms with E-state index in [1.807, 2.05) is 6.07 Å². The molecule has 1 aromatic heterocycles. The SMILES string of the molecule is O=C1Nc2cc(Br)cnc2C12CCCC2. The molecule has 1 fully saturated rings. The predicted molar refractivity (Wildman–Crippen MR) is 60.7 cm³/mol. The number of hydrogen-bond acceptors (Lipinski definition) is 2. The molecule has 1 aromatic rings. The molecule has 1 spiro atoms. The van der Waals surface area contributed by atoms with Crippen LogP contribution in [0.15, 0.2) is 16.7 Å². The summed E-state index contributed by atoms with van der Waals surface area (Å²) in [7, 11) is 0. The van der Waals surface area contributed by atoms with Gasteiger partial charge in [-0.1, -0.05) is 12.8 Å². The van der Waals surface area contributed by atoms with Gasteiger partial charge in [0.2, 0.25) is 5.91 Å². The molecule has 1 aliphatic carbocycles. The Labute approximate surface area is 96.4 Å². The molecule has 1 aliphatic heterocycles. The number of nitrogens with one attached hydrogen (secondary N) is 1. The highest BCUT2D eigenvalue weighted by Gasteiger charge is 2.49. The highest BCUT2D eigenvalue weighted by molar-refractivity contribution is 9.10. The number of hydrogen-bond donors (Lipinski definition) is 1. The summed E-state index contributed by atoms with van der Waals surface area (Å²) < 4.78 is 0.914. The zero-order valence-electron chi connectivity index (χ0n) is 8.22. The van der Waals surface area contributed by atoms with E-state index in [9.17, 15) is 4.79 Å². The summed E-state index contributed by atoms with van der Waals surface area (Å²) >= 11 is 3.37. The number of carbonyl (C=O) groups is 1. The predicted octanol–water partition coefficient (Wildman–Crippen LogP) is 2.61. The van der Waals surface area contributed by atoms with Gasteiger partial charge < -0.3 is 5.32 Å². The molecule has 78 valence electrons. The monoisotopic (exact) mass is 266 g/mol. The fourth-order valence-corrected chi connectivity index (χ4v) is 3.04. The molecule has 0 aromatic carbocycles. The Balaban J connectivity index is 2.17. The van der Waals surface area contributed by atoms with Crippen molar-refractivity contribution in [2.24, 2.45) is 0 Å². The van der Waals surface area contributed by atoms with Gasteiger partial charge >= 0.3 is 0 Å². The molecule has 15 heavy (non-hydrogen) atoms. The van der Waals surface area contributed by atoms with Crippen LogP contribution in [0.3, 0.4) is 0 Å². The summed E-state index contributed by atoms with van der Waals surface area (Å²) in [5, 5.41) is 2.94. The summed E-state index contributed by atoms with van der Waals surface area (Å²) in [6, 6.07) is 1.94. The maximum atomic E-state index is 12.0. The van der Waals surface area contributed by atoms with E-state index >= 15 is 0 Å². The van der Waals surface area contributed by atoms with Gasteiger partial charge in [0, 0.05) is 10.7 Å². The van der Waals surface area contributed by atoms with E-state index in [2.05, 4.69) is 26.2 Å². The molecule has 1 saturated carbocycles. The minimum atomic E-state index is -0.309. The number of rotatable bonds is 0. The van der Waals surface area contributed by atoms with Gasteiger partial charge in [0.05, 0.1) is 16.8 Å². The summed E-state index contributed by atoms with van der Waals surface area (Å²) in [5.41, 5.74) is 1.53. The second kappa shape index (κ2) is 3.04. The number of anilines is 1. The molecule has 0 radical (unpaired) electrons. The standard InChI is InChI=1S/C11H11BrN2O/c12-7-5-8-9(13-6-7)11(10(15)14-8)3-1-2-4-11/h5-6H,1-4H2,(H,14,15). The Kier molecular flexibility index (Phi) is 1.89. The lowest BCUT2D eigenvalue weighted by molar-refractivity contribution is -0.120. The van der Waals surface area contributed by atoms with Gasteiger partial charge in [0.1, 0.15) is 0 Å². The largest absolute Gasteiger partial charge is 0.324 e. The van der Waals surface area contributed by atoms with Crippen LogP contribution < -0.4 is 5.32 Å². The summed E-state index contributed by atoms with van der Waals surface area (Å²) in [5.74, 6) is 0.139. The fraction of sp³-hybridized carbons (Fsp3) is 0.455. The number of halogens is 1. The highest BCUT2D eigenvalue weighted by Crippen LogP contribution is 2.47. The summed E-state index contributed by atoms with van der Waals surface area (Å²) in [6.45, 7) is 0. The molecule has 0 unspecified atom stereocenters. The zero-order chi connectivity index (χ0) is 10.5. The Morgan fingerprint density at radius 1 is 1.40 bits per heavy atom. The topological polar surface area (TPSA) is 42.0 Å². The number of carbonyl (C=O) groups excluding carboxylic acids is 1. The molecule has 0 atom stereocenters. The average molecular weight is 267 g/mol. The third-order valence-electron chi connectivity index (χ3n) is 3.45. The number of fused-ring (bicyclic) bond motifs is 2. The van der Waals surface area contributed by atoms with Gasteiger partial charge in [-0.05, 0) is 34.8 Å². The van der Waals surface area contributed by atoms with Crippen LogP contribution >= 0.6 is 15.9 Å². The smallest absolute Gasteiger partial charge is 0.236 e. The molecular weight excluding hydrogens is 256 g/mol. The molecule has 2 aliphatic rings. The van der Waals surface area contributed by atoms with E-state index in [0.717, 1.165) is 41.5 Å². The Morgan fingerprint density at radius 3 is 2.87 bits per heavy atom.